The molecule has 0 saturated carbocycles. The highest BCUT2D eigenvalue weighted by Gasteiger charge is 2.13. The number of nitrogens with zero attached hydrogens (tertiary/aromatic N) is 2. The predicted octanol–water partition coefficient (Wildman–Crippen LogP) is 1.66. The van der Waals surface area contributed by atoms with Gasteiger partial charge in [-0.3, -0.25) is 9.48 Å². The summed E-state index contributed by atoms with van der Waals surface area (Å²) in [5.41, 5.74) is 0.549. The van der Waals surface area contributed by atoms with Crippen LogP contribution in [0, 0.1) is 5.92 Å². The zero-order valence-electron chi connectivity index (χ0n) is 9.07. The fourth-order valence-corrected chi connectivity index (χ4v) is 1.06. The van der Waals surface area contributed by atoms with Gasteiger partial charge >= 0.3 is 0 Å². The molecule has 1 aromatic rings. The fourth-order valence-electron chi connectivity index (χ4n) is 1.06. The largest absolute Gasteiger partial charge is 0.476 e. The molecule has 1 rings (SSSR count). The van der Waals surface area contributed by atoms with E-state index in [1.807, 2.05) is 0 Å². The number of carbonyl (C=O) groups is 1. The Hall–Kier alpha value is -1.32. The Balaban J connectivity index is 2.79. The van der Waals surface area contributed by atoms with E-state index in [0.717, 1.165) is 0 Å². The van der Waals surface area contributed by atoms with Gasteiger partial charge in [0.15, 0.2) is 5.78 Å². The van der Waals surface area contributed by atoms with E-state index >= 15 is 0 Å². The van der Waals surface area contributed by atoms with Gasteiger partial charge in [0.2, 0.25) is 5.88 Å². The van der Waals surface area contributed by atoms with Gasteiger partial charge in [-0.05, 0) is 12.8 Å². The minimum Gasteiger partial charge on any atom is -0.476 e. The first-order chi connectivity index (χ1) is 6.50. The first-order valence-corrected chi connectivity index (χ1v) is 4.68. The van der Waals surface area contributed by atoms with Gasteiger partial charge in [-0.25, -0.2) is 0 Å². The lowest BCUT2D eigenvalue weighted by atomic mass is 10.2. The Kier molecular flexibility index (Phi) is 3.28. The van der Waals surface area contributed by atoms with Crippen molar-refractivity contribution in [3.63, 3.8) is 0 Å². The number of carbonyl (C=O) groups excluding carboxylic acids is 1. The molecule has 0 fully saturated rings. The summed E-state index contributed by atoms with van der Waals surface area (Å²) in [5, 5.41) is 4.08. The topological polar surface area (TPSA) is 44.1 Å². The number of hydrogen-bond acceptors (Lipinski definition) is 3. The Morgan fingerprint density at radius 3 is 2.79 bits per heavy atom. The van der Waals surface area contributed by atoms with Crippen molar-refractivity contribution in [2.24, 2.45) is 13.0 Å². The first kappa shape index (κ1) is 10.8. The highest BCUT2D eigenvalue weighted by molar-refractivity contribution is 5.96. The Labute approximate surface area is 83.9 Å². The molecular formula is C10H16N2O2. The molecule has 0 atom stereocenters. The van der Waals surface area contributed by atoms with Crippen molar-refractivity contribution < 1.29 is 9.53 Å². The predicted molar refractivity (Wildman–Crippen MR) is 53.5 cm³/mol. The van der Waals surface area contributed by atoms with Crippen LogP contribution in [0.3, 0.4) is 0 Å². The lowest BCUT2D eigenvalue weighted by Gasteiger charge is -2.06. The highest BCUT2D eigenvalue weighted by Crippen LogP contribution is 2.16. The van der Waals surface area contributed by atoms with Gasteiger partial charge in [-0.1, -0.05) is 13.8 Å². The molecule has 4 nitrogen and oxygen atoms in total. The number of hydrogen-bond donors (Lipinski definition) is 0. The minimum atomic E-state index is -0.0168. The molecule has 0 aliphatic carbocycles. The van der Waals surface area contributed by atoms with Gasteiger partial charge in [0.05, 0.1) is 12.2 Å². The quantitative estimate of drug-likeness (QED) is 0.688. The standard InChI is InChI=1S/C10H16N2O2/c1-7(2)6-14-10-9(8(3)13)5-12(4)11-10/h5,7H,6H2,1-4H3. The lowest BCUT2D eigenvalue weighted by molar-refractivity contribution is 0.101. The second-order valence-electron chi connectivity index (χ2n) is 3.78. The van der Waals surface area contributed by atoms with E-state index in [9.17, 15) is 4.79 Å². The molecular weight excluding hydrogens is 180 g/mol. The normalized spacial score (nSPS) is 10.6. The number of rotatable bonds is 4. The van der Waals surface area contributed by atoms with Gasteiger partial charge in [-0.15, -0.1) is 5.10 Å². The van der Waals surface area contributed by atoms with E-state index in [1.54, 1.807) is 17.9 Å². The number of aryl methyl sites for hydroxylation is 1. The molecule has 78 valence electrons. The first-order valence-electron chi connectivity index (χ1n) is 4.68. The third kappa shape index (κ3) is 2.58. The molecule has 0 aromatic carbocycles. The van der Waals surface area contributed by atoms with Gasteiger partial charge in [0.1, 0.15) is 0 Å². The molecule has 0 aliphatic rings. The molecule has 14 heavy (non-hydrogen) atoms. The molecule has 0 aliphatic heterocycles. The molecule has 0 unspecified atom stereocenters. The summed E-state index contributed by atoms with van der Waals surface area (Å²) in [6, 6.07) is 0. The summed E-state index contributed by atoms with van der Waals surface area (Å²) in [7, 11) is 1.77. The average Bonchev–Trinajstić information content (AvgIpc) is 2.43. The molecule has 4 heteroatoms. The van der Waals surface area contributed by atoms with Crippen molar-refractivity contribution in [3.05, 3.63) is 11.8 Å². The van der Waals surface area contributed by atoms with Crippen molar-refractivity contribution in [1.82, 2.24) is 9.78 Å². The van der Waals surface area contributed by atoms with Crippen LogP contribution in [0.5, 0.6) is 5.88 Å². The van der Waals surface area contributed by atoms with Gasteiger partial charge in [0, 0.05) is 13.2 Å². The summed E-state index contributed by atoms with van der Waals surface area (Å²) in [6.07, 6.45) is 1.68. The molecule has 0 bridgehead atoms. The van der Waals surface area contributed by atoms with E-state index in [0.29, 0.717) is 24.0 Å². The van der Waals surface area contributed by atoms with Crippen LogP contribution in [0.25, 0.3) is 0 Å². The maximum atomic E-state index is 11.2. The molecule has 0 saturated heterocycles. The minimum absolute atomic E-state index is 0.0168. The van der Waals surface area contributed by atoms with Crippen molar-refractivity contribution in [2.75, 3.05) is 6.61 Å². The Morgan fingerprint density at radius 2 is 2.29 bits per heavy atom. The third-order valence-electron chi connectivity index (χ3n) is 1.73. The second-order valence-corrected chi connectivity index (χ2v) is 3.78. The highest BCUT2D eigenvalue weighted by atomic mass is 16.5. The van der Waals surface area contributed by atoms with E-state index in [2.05, 4.69) is 18.9 Å². The average molecular weight is 196 g/mol. The van der Waals surface area contributed by atoms with Crippen LogP contribution in [0.2, 0.25) is 0 Å². The molecule has 0 N–H and O–H groups in total. The maximum absolute atomic E-state index is 11.2. The van der Waals surface area contributed by atoms with Crippen LogP contribution in [0.4, 0.5) is 0 Å². The summed E-state index contributed by atoms with van der Waals surface area (Å²) >= 11 is 0. The summed E-state index contributed by atoms with van der Waals surface area (Å²) in [6.45, 7) is 6.20. The Morgan fingerprint density at radius 1 is 1.64 bits per heavy atom. The zero-order valence-corrected chi connectivity index (χ0v) is 9.07. The fraction of sp³-hybridized carbons (Fsp3) is 0.600. The number of ether oxygens (including phenoxy) is 1. The van der Waals surface area contributed by atoms with E-state index in [4.69, 9.17) is 4.74 Å². The van der Waals surface area contributed by atoms with Gasteiger partial charge < -0.3 is 4.74 Å². The number of Topliss-reactive ketones (excluding diaryl/α,β-unsaturated/α-hetero) is 1. The van der Waals surface area contributed by atoms with Gasteiger partial charge in [0.25, 0.3) is 0 Å². The number of aromatic nitrogens is 2. The lowest BCUT2D eigenvalue weighted by Crippen LogP contribution is -2.07. The summed E-state index contributed by atoms with van der Waals surface area (Å²) < 4.78 is 7.02. The van der Waals surface area contributed by atoms with Crippen LogP contribution in [-0.2, 0) is 7.05 Å². The van der Waals surface area contributed by atoms with Crippen LogP contribution >= 0.6 is 0 Å². The van der Waals surface area contributed by atoms with Crippen LogP contribution in [0.15, 0.2) is 6.20 Å². The van der Waals surface area contributed by atoms with Crippen LogP contribution in [0.1, 0.15) is 31.1 Å². The number of ketones is 1. The molecule has 0 amide bonds. The van der Waals surface area contributed by atoms with E-state index in [1.165, 1.54) is 6.92 Å². The molecule has 0 spiro atoms. The van der Waals surface area contributed by atoms with Crippen LogP contribution < -0.4 is 4.74 Å². The third-order valence-corrected chi connectivity index (χ3v) is 1.73. The van der Waals surface area contributed by atoms with E-state index in [-0.39, 0.29) is 5.78 Å². The van der Waals surface area contributed by atoms with Crippen molar-refractivity contribution in [1.29, 1.82) is 0 Å². The zero-order chi connectivity index (χ0) is 10.7. The van der Waals surface area contributed by atoms with Crippen LogP contribution in [-0.4, -0.2) is 22.2 Å². The summed E-state index contributed by atoms with van der Waals surface area (Å²) in [5.74, 6) is 0.849. The van der Waals surface area contributed by atoms with Crippen molar-refractivity contribution >= 4 is 5.78 Å². The molecule has 1 heterocycles. The Bertz CT molecular complexity index is 329. The molecule has 1 aromatic heterocycles. The smallest absolute Gasteiger partial charge is 0.243 e. The maximum Gasteiger partial charge on any atom is 0.243 e. The van der Waals surface area contributed by atoms with Crippen molar-refractivity contribution in [2.45, 2.75) is 20.8 Å². The SMILES string of the molecule is CC(=O)c1cn(C)nc1OCC(C)C. The van der Waals surface area contributed by atoms with Crippen molar-refractivity contribution in [3.8, 4) is 5.88 Å². The second kappa shape index (κ2) is 4.26. The summed E-state index contributed by atoms with van der Waals surface area (Å²) in [4.78, 5) is 11.2. The molecule has 0 radical (unpaired) electrons. The van der Waals surface area contributed by atoms with Gasteiger partial charge in [-0.2, -0.15) is 0 Å². The van der Waals surface area contributed by atoms with E-state index < -0.39 is 0 Å². The monoisotopic (exact) mass is 196 g/mol.